The summed E-state index contributed by atoms with van der Waals surface area (Å²) in [5.41, 5.74) is 2.33. The third-order valence-corrected chi connectivity index (χ3v) is 24.7. The van der Waals surface area contributed by atoms with Gasteiger partial charge in [-0.3, -0.25) is 0 Å². The van der Waals surface area contributed by atoms with Crippen LogP contribution in [0.3, 0.4) is 0 Å². The van der Waals surface area contributed by atoms with Crippen molar-refractivity contribution in [2.45, 2.75) is 192 Å². The zero-order chi connectivity index (χ0) is 56.0. The third kappa shape index (κ3) is 14.0. The highest BCUT2D eigenvalue weighted by Gasteiger charge is 2.84. The van der Waals surface area contributed by atoms with Gasteiger partial charge >= 0.3 is 0 Å². The molecule has 6 aliphatic rings. The number of benzene rings is 2. The van der Waals surface area contributed by atoms with Crippen LogP contribution in [0.25, 0.3) is 0 Å². The minimum atomic E-state index is -1.38. The lowest BCUT2D eigenvalue weighted by Crippen LogP contribution is -2.61. The van der Waals surface area contributed by atoms with E-state index in [9.17, 15) is 5.11 Å². The predicted octanol–water partition coefficient (Wildman–Crippen LogP) is 14.0. The second-order valence-corrected chi connectivity index (χ2v) is 45.6. The van der Waals surface area contributed by atoms with Crippen molar-refractivity contribution >= 4 is 24.2 Å². The summed E-state index contributed by atoms with van der Waals surface area (Å²) in [5, 5.41) is 14.0. The second-order valence-electron chi connectivity index (χ2n) is 28.8. The third-order valence-electron chi connectivity index (χ3n) is 19.6. The predicted molar refractivity (Wildman–Crippen MR) is 319 cm³/mol. The lowest BCUT2D eigenvalue weighted by molar-refractivity contribution is -0.245. The SMILES string of the molecule is C=C(C)[C@@H]1CC[C@H]([C@@H]2CC[C@@H]3C2=C[C@]2(COCOCc4ccccc4)[C@@H]4CC[C@@]2([C@H]3O)[C@@H](OCOCC[Si](C)(C)C)[C@]42CC[C@@H](C(C)(C)OCOCC[Si](C)(C)C)[C@@H]2OCOCC[Si](C)(C)C)[C@@H]1OCOCc1ccccc1. The lowest BCUT2D eigenvalue weighted by atomic mass is 9.55. The minimum absolute atomic E-state index is 0.0146. The molecule has 13 atom stereocenters. The second kappa shape index (κ2) is 26.4. The number of aliphatic hydroxyl groups excluding tert-OH is 1. The van der Waals surface area contributed by atoms with Crippen LogP contribution in [-0.4, -0.2) is 120 Å². The van der Waals surface area contributed by atoms with Crippen LogP contribution in [0.5, 0.6) is 0 Å². The van der Waals surface area contributed by atoms with Gasteiger partial charge in [0.25, 0.3) is 0 Å². The van der Waals surface area contributed by atoms with Crippen LogP contribution in [-0.2, 0) is 60.6 Å². The molecule has 0 saturated heterocycles. The van der Waals surface area contributed by atoms with Gasteiger partial charge in [-0.2, -0.15) is 0 Å². The van der Waals surface area contributed by atoms with Gasteiger partial charge in [-0.15, -0.1) is 0 Å². The summed E-state index contributed by atoms with van der Waals surface area (Å²) in [5.74, 6) is 0.714. The monoisotopic (exact) mass is 1130 g/mol. The first-order valence-corrected chi connectivity index (χ1v) is 41.2. The molecular formula is C64H104O11Si3. The zero-order valence-corrected chi connectivity index (χ0v) is 53.4. The Morgan fingerprint density at radius 3 is 1.76 bits per heavy atom. The molecule has 0 aromatic heterocycles. The van der Waals surface area contributed by atoms with Crippen LogP contribution in [0, 0.1) is 51.8 Å². The molecule has 0 aliphatic heterocycles. The Hall–Kier alpha value is -1.87. The molecule has 0 unspecified atom stereocenters. The van der Waals surface area contributed by atoms with Crippen molar-refractivity contribution in [3.05, 3.63) is 95.6 Å². The quantitative estimate of drug-likeness (QED) is 0.0327. The van der Waals surface area contributed by atoms with Gasteiger partial charge < -0.3 is 52.5 Å². The fraction of sp³-hybridized carbons (Fsp3) is 0.750. The number of ether oxygens (including phenoxy) is 10. The van der Waals surface area contributed by atoms with E-state index in [-0.39, 0.29) is 81.7 Å². The van der Waals surface area contributed by atoms with Crippen molar-refractivity contribution in [1.29, 1.82) is 0 Å². The van der Waals surface area contributed by atoms with Gasteiger partial charge in [0, 0.05) is 78.0 Å². The molecule has 1 N–H and O–H groups in total. The molecule has 5 saturated carbocycles. The molecule has 6 aliphatic carbocycles. The van der Waals surface area contributed by atoms with Crippen LogP contribution < -0.4 is 0 Å². The molecule has 11 nitrogen and oxygen atoms in total. The molecule has 438 valence electrons. The van der Waals surface area contributed by atoms with E-state index in [1.165, 1.54) is 5.57 Å². The smallest absolute Gasteiger partial charge is 0.147 e. The highest BCUT2D eigenvalue weighted by Crippen LogP contribution is 2.82. The fourth-order valence-corrected chi connectivity index (χ4v) is 17.9. The van der Waals surface area contributed by atoms with Crippen molar-refractivity contribution in [2.24, 2.45) is 51.8 Å². The highest BCUT2D eigenvalue weighted by molar-refractivity contribution is 6.76. The average molecular weight is 1130 g/mol. The molecule has 0 radical (unpaired) electrons. The summed E-state index contributed by atoms with van der Waals surface area (Å²) >= 11 is 0. The number of hydrogen-bond acceptors (Lipinski definition) is 11. The molecule has 1 spiro atoms. The number of rotatable bonds is 32. The maximum Gasteiger partial charge on any atom is 0.147 e. The normalized spacial score (nSPS) is 32.8. The van der Waals surface area contributed by atoms with E-state index >= 15 is 0 Å². The zero-order valence-electron chi connectivity index (χ0n) is 50.4. The molecular weight excluding hydrogens is 1030 g/mol. The summed E-state index contributed by atoms with van der Waals surface area (Å²) < 4.78 is 67.7. The van der Waals surface area contributed by atoms with Crippen molar-refractivity contribution in [3.63, 3.8) is 0 Å². The summed E-state index contributed by atoms with van der Waals surface area (Å²) in [6, 6.07) is 23.8. The van der Waals surface area contributed by atoms with E-state index in [2.05, 4.69) is 117 Å². The first kappa shape index (κ1) is 62.2. The molecule has 78 heavy (non-hydrogen) atoms. The molecule has 2 bridgehead atoms. The van der Waals surface area contributed by atoms with Gasteiger partial charge in [-0.05, 0) is 119 Å². The van der Waals surface area contributed by atoms with E-state index in [1.807, 2.05) is 36.4 Å². The van der Waals surface area contributed by atoms with Crippen molar-refractivity contribution < 1.29 is 52.5 Å². The summed E-state index contributed by atoms with van der Waals surface area (Å²) in [6.45, 7) is 36.9. The lowest BCUT2D eigenvalue weighted by Gasteiger charge is -2.54. The molecule has 0 heterocycles. The first-order chi connectivity index (χ1) is 37.0. The van der Waals surface area contributed by atoms with Gasteiger partial charge in [0.1, 0.15) is 34.0 Å². The van der Waals surface area contributed by atoms with Crippen molar-refractivity contribution in [2.75, 3.05) is 60.4 Å². The molecule has 2 aromatic rings. The number of hydrogen-bond donors (Lipinski definition) is 1. The Bertz CT molecular complexity index is 2230. The van der Waals surface area contributed by atoms with Crippen LogP contribution in [0.1, 0.15) is 83.3 Å². The van der Waals surface area contributed by atoms with E-state index in [0.717, 1.165) is 86.2 Å². The Balaban J connectivity index is 1.18. The highest BCUT2D eigenvalue weighted by atomic mass is 28.3. The fourth-order valence-electron chi connectivity index (χ4n) is 15.6. The van der Waals surface area contributed by atoms with Gasteiger partial charge in [0.15, 0.2) is 0 Å². The average Bonchev–Trinajstić information content (AvgIpc) is 2.08. The maximum atomic E-state index is 14.0. The molecule has 5 fully saturated rings. The van der Waals surface area contributed by atoms with E-state index in [1.54, 1.807) is 0 Å². The van der Waals surface area contributed by atoms with Crippen LogP contribution in [0.2, 0.25) is 77.1 Å². The molecule has 0 amide bonds. The first-order valence-electron chi connectivity index (χ1n) is 30.1. The molecule has 8 rings (SSSR count). The molecule has 14 heteroatoms. The minimum Gasteiger partial charge on any atom is -0.392 e. The van der Waals surface area contributed by atoms with E-state index in [4.69, 9.17) is 47.4 Å². The standard InChI is InChI=1S/C64H104O11Si3/c1-47(2)50-24-26-52(57(50)72-45-70-40-49-22-18-15-19-23-49)51-25-27-53-54(51)38-62(41-71-42-69-39-48-20-16-14-17-21-48)56-29-31-64(62,58(53)65)60(74-44-67-33-36-77(8,9)10)63(56)30-28-55(59(63)73-43-66-32-35-76(5,6)7)61(3,4)75-46-68-34-37-78(11,12)13/h14-23,38,50-53,55-60,65H,1,24-37,39-46H2,2-13H3/t50-,51-,52+,53+,55+,56-,57+,58-,59-,60-,62-,63+,64+/m0/s1. The van der Waals surface area contributed by atoms with Gasteiger partial charge in [-0.1, -0.05) is 143 Å². The topological polar surface area (TPSA) is 113 Å². The van der Waals surface area contributed by atoms with Crippen molar-refractivity contribution in [1.82, 2.24) is 0 Å². The van der Waals surface area contributed by atoms with Crippen molar-refractivity contribution in [3.8, 4) is 0 Å². The Morgan fingerprint density at radius 2 is 1.17 bits per heavy atom. The van der Waals surface area contributed by atoms with Gasteiger partial charge in [0.05, 0.1) is 49.8 Å². The van der Waals surface area contributed by atoms with E-state index in [0.29, 0.717) is 39.6 Å². The number of fused-ring (bicyclic) bond motifs is 2. The van der Waals surface area contributed by atoms with Crippen LogP contribution >= 0.6 is 0 Å². The molecule has 2 aromatic carbocycles. The summed E-state index contributed by atoms with van der Waals surface area (Å²) in [4.78, 5) is 0. The number of aliphatic hydroxyl groups is 1. The van der Waals surface area contributed by atoms with Gasteiger partial charge in [0.2, 0.25) is 0 Å². The van der Waals surface area contributed by atoms with E-state index < -0.39 is 58.3 Å². The van der Waals surface area contributed by atoms with Gasteiger partial charge in [-0.25, -0.2) is 0 Å². The Morgan fingerprint density at radius 1 is 0.615 bits per heavy atom. The maximum absolute atomic E-state index is 14.0. The van der Waals surface area contributed by atoms with Crippen LogP contribution in [0.4, 0.5) is 0 Å². The summed E-state index contributed by atoms with van der Waals surface area (Å²) in [7, 11) is -4.04. The largest absolute Gasteiger partial charge is 0.392 e. The Labute approximate surface area is 474 Å². The summed E-state index contributed by atoms with van der Waals surface area (Å²) in [6.07, 6.45) is 8.68. The van der Waals surface area contributed by atoms with Crippen LogP contribution in [0.15, 0.2) is 84.5 Å². The Kier molecular flexibility index (Phi) is 21.0.